The number of amides is 3. The summed E-state index contributed by atoms with van der Waals surface area (Å²) in [5, 5.41) is 6.35. The molecule has 0 spiro atoms. The minimum atomic E-state index is -3.44. The second-order valence-corrected chi connectivity index (χ2v) is 10.6. The number of urea groups is 1. The second kappa shape index (κ2) is 8.89. The van der Waals surface area contributed by atoms with Gasteiger partial charge in [-0.3, -0.25) is 19.7 Å². The first kappa shape index (κ1) is 22.3. The van der Waals surface area contributed by atoms with Crippen LogP contribution in [0.25, 0.3) is 0 Å². The summed E-state index contributed by atoms with van der Waals surface area (Å²) in [6.45, 7) is 2.25. The van der Waals surface area contributed by atoms with Crippen molar-refractivity contribution in [3.8, 4) is 5.75 Å². The van der Waals surface area contributed by atoms with Crippen LogP contribution in [0.3, 0.4) is 0 Å². The number of hydrogen-bond acceptors (Lipinski definition) is 6. The molecule has 0 unspecified atom stereocenters. The zero-order valence-electron chi connectivity index (χ0n) is 17.7. The number of anilines is 1. The van der Waals surface area contributed by atoms with Gasteiger partial charge in [0.1, 0.15) is 6.54 Å². The van der Waals surface area contributed by atoms with Crippen LogP contribution in [0.1, 0.15) is 31.2 Å². The van der Waals surface area contributed by atoms with Crippen molar-refractivity contribution in [1.82, 2.24) is 15.1 Å². The van der Waals surface area contributed by atoms with Crippen molar-refractivity contribution in [3.63, 3.8) is 0 Å². The van der Waals surface area contributed by atoms with E-state index in [0.29, 0.717) is 18.1 Å². The molecule has 4 rings (SSSR count). The summed E-state index contributed by atoms with van der Waals surface area (Å²) in [5.74, 6) is -0.518. The molecule has 2 heterocycles. The van der Waals surface area contributed by atoms with Gasteiger partial charge < -0.3 is 4.74 Å². The largest absolute Gasteiger partial charge is 0.490 e. The number of nitrogens with zero attached hydrogens (tertiary/aromatic N) is 3. The number of benzene rings is 1. The summed E-state index contributed by atoms with van der Waals surface area (Å²) in [7, 11) is -3.44. The smallest absolute Gasteiger partial charge is 0.330 e. The molecule has 1 atom stereocenters. The molecule has 2 aromatic rings. The molecule has 32 heavy (non-hydrogen) atoms. The molecule has 3 amide bonds. The van der Waals surface area contributed by atoms with E-state index in [0.717, 1.165) is 12.8 Å². The van der Waals surface area contributed by atoms with Gasteiger partial charge in [0.2, 0.25) is 5.91 Å². The molecule has 2 aliphatic rings. The van der Waals surface area contributed by atoms with Crippen molar-refractivity contribution in [2.75, 3.05) is 29.6 Å². The molecule has 1 N–H and O–H groups in total. The van der Waals surface area contributed by atoms with E-state index in [4.69, 9.17) is 4.74 Å². The second-order valence-electron chi connectivity index (χ2n) is 8.34. The fraction of sp³-hybridized carbons (Fsp3) is 0.476. The zero-order chi connectivity index (χ0) is 22.9. The Hall–Kier alpha value is -2.95. The van der Waals surface area contributed by atoms with E-state index in [1.165, 1.54) is 15.6 Å². The van der Waals surface area contributed by atoms with Gasteiger partial charge in [-0.1, -0.05) is 13.0 Å². The van der Waals surface area contributed by atoms with Gasteiger partial charge in [0, 0.05) is 12.3 Å². The van der Waals surface area contributed by atoms with Crippen LogP contribution in [-0.2, 0) is 21.2 Å². The number of sulfone groups is 1. The molecule has 0 radical (unpaired) electrons. The lowest BCUT2D eigenvalue weighted by molar-refractivity contribution is -0.117. The van der Waals surface area contributed by atoms with E-state index < -0.39 is 27.6 Å². The summed E-state index contributed by atoms with van der Waals surface area (Å²) < 4.78 is 46.3. The standard InChI is InChI=1S/C21H25FN4O5S/c1-14(16-4-5-17(22)18(10-16)31-12-15-2-3-15)13-32(29,30)9-8-25-7-6-19(24-25)26-11-20(27)23-21(26)28/h4-7,10,14-15H,2-3,8-9,11-13H2,1H3,(H,23,27,28)/t14-/m0/s1. The lowest BCUT2D eigenvalue weighted by Gasteiger charge is -2.15. The van der Waals surface area contributed by atoms with Gasteiger partial charge in [-0.15, -0.1) is 0 Å². The van der Waals surface area contributed by atoms with Crippen molar-refractivity contribution in [3.05, 3.63) is 41.8 Å². The van der Waals surface area contributed by atoms with Crippen LogP contribution < -0.4 is 15.0 Å². The van der Waals surface area contributed by atoms with Gasteiger partial charge in [-0.25, -0.2) is 17.6 Å². The number of imide groups is 1. The molecule has 2 fully saturated rings. The maximum atomic E-state index is 14.0. The Morgan fingerprint density at radius 3 is 2.75 bits per heavy atom. The molecular weight excluding hydrogens is 439 g/mol. The molecular formula is C21H25FN4O5S. The first-order chi connectivity index (χ1) is 15.2. The molecule has 172 valence electrons. The van der Waals surface area contributed by atoms with Gasteiger partial charge in [0.25, 0.3) is 0 Å². The summed E-state index contributed by atoms with van der Waals surface area (Å²) in [6, 6.07) is 5.48. The van der Waals surface area contributed by atoms with Crippen molar-refractivity contribution >= 4 is 27.6 Å². The van der Waals surface area contributed by atoms with Crippen LogP contribution in [0.15, 0.2) is 30.5 Å². The van der Waals surface area contributed by atoms with Crippen LogP contribution in [0.5, 0.6) is 5.75 Å². The molecule has 1 aliphatic heterocycles. The Kier molecular flexibility index (Phi) is 6.18. The summed E-state index contributed by atoms with van der Waals surface area (Å²) in [5.41, 5.74) is 0.701. The molecule has 1 saturated heterocycles. The third-order valence-electron chi connectivity index (χ3n) is 5.53. The number of carbonyl (C=O) groups excluding carboxylic acids is 2. The van der Waals surface area contributed by atoms with E-state index in [-0.39, 0.29) is 42.1 Å². The number of aromatic nitrogens is 2. The average Bonchev–Trinajstić information content (AvgIpc) is 3.33. The van der Waals surface area contributed by atoms with Gasteiger partial charge >= 0.3 is 6.03 Å². The third kappa shape index (κ3) is 5.45. The Labute approximate surface area is 185 Å². The van der Waals surface area contributed by atoms with Crippen molar-refractivity contribution in [2.45, 2.75) is 32.2 Å². The van der Waals surface area contributed by atoms with Gasteiger partial charge in [-0.2, -0.15) is 5.10 Å². The quantitative estimate of drug-likeness (QED) is 0.539. The van der Waals surface area contributed by atoms with E-state index in [2.05, 4.69) is 10.4 Å². The Bertz CT molecular complexity index is 1130. The minimum Gasteiger partial charge on any atom is -0.490 e. The average molecular weight is 465 g/mol. The zero-order valence-corrected chi connectivity index (χ0v) is 18.5. The molecule has 9 nitrogen and oxygen atoms in total. The maximum absolute atomic E-state index is 14.0. The van der Waals surface area contributed by atoms with E-state index in [9.17, 15) is 22.4 Å². The lowest BCUT2D eigenvalue weighted by atomic mass is 10.0. The number of ether oxygens (including phenoxy) is 1. The first-order valence-electron chi connectivity index (χ1n) is 10.5. The topological polar surface area (TPSA) is 111 Å². The fourth-order valence-corrected chi connectivity index (χ4v) is 5.05. The highest BCUT2D eigenvalue weighted by atomic mass is 32.2. The van der Waals surface area contributed by atoms with Crippen LogP contribution in [0, 0.1) is 11.7 Å². The highest BCUT2D eigenvalue weighted by Gasteiger charge is 2.29. The highest BCUT2D eigenvalue weighted by molar-refractivity contribution is 7.91. The molecule has 1 aliphatic carbocycles. The summed E-state index contributed by atoms with van der Waals surface area (Å²) in [4.78, 5) is 24.2. The molecule has 11 heteroatoms. The minimum absolute atomic E-state index is 0.0993. The Morgan fingerprint density at radius 2 is 2.06 bits per heavy atom. The van der Waals surface area contributed by atoms with Crippen molar-refractivity contribution in [1.29, 1.82) is 0 Å². The van der Waals surface area contributed by atoms with Crippen molar-refractivity contribution in [2.24, 2.45) is 5.92 Å². The van der Waals surface area contributed by atoms with Crippen molar-refractivity contribution < 1.29 is 27.1 Å². The predicted octanol–water partition coefficient (Wildman–Crippen LogP) is 2.09. The number of rotatable bonds is 10. The van der Waals surface area contributed by atoms with E-state index >= 15 is 0 Å². The Balaban J connectivity index is 1.33. The number of carbonyl (C=O) groups is 2. The first-order valence-corrected chi connectivity index (χ1v) is 12.3. The predicted molar refractivity (Wildman–Crippen MR) is 115 cm³/mol. The van der Waals surface area contributed by atoms with E-state index in [1.54, 1.807) is 31.3 Å². The van der Waals surface area contributed by atoms with Crippen LogP contribution >= 0.6 is 0 Å². The summed E-state index contributed by atoms with van der Waals surface area (Å²) in [6.07, 6.45) is 3.75. The number of halogens is 1. The SMILES string of the molecule is C[C@@H](CS(=O)(=O)CCn1ccc(N2CC(=O)NC2=O)n1)c1ccc(F)c(OCC2CC2)c1. The van der Waals surface area contributed by atoms with Crippen LogP contribution in [0.4, 0.5) is 15.0 Å². The summed E-state index contributed by atoms with van der Waals surface area (Å²) >= 11 is 0. The van der Waals surface area contributed by atoms with Gasteiger partial charge in [0.15, 0.2) is 27.2 Å². The molecule has 0 bridgehead atoms. The molecule has 1 aromatic heterocycles. The van der Waals surface area contributed by atoms with E-state index in [1.807, 2.05) is 0 Å². The van der Waals surface area contributed by atoms with Gasteiger partial charge in [-0.05, 0) is 42.4 Å². The molecule has 1 saturated carbocycles. The number of hydrogen-bond donors (Lipinski definition) is 1. The molecule has 1 aromatic carbocycles. The lowest BCUT2D eigenvalue weighted by Crippen LogP contribution is -2.28. The monoisotopic (exact) mass is 464 g/mol. The fourth-order valence-electron chi connectivity index (χ4n) is 3.47. The van der Waals surface area contributed by atoms with Crippen LogP contribution in [0.2, 0.25) is 0 Å². The number of aryl methyl sites for hydroxylation is 1. The van der Waals surface area contributed by atoms with Gasteiger partial charge in [0.05, 0.1) is 24.7 Å². The maximum Gasteiger partial charge on any atom is 0.330 e. The number of nitrogens with one attached hydrogen (secondary N) is 1. The third-order valence-corrected chi connectivity index (χ3v) is 7.34. The Morgan fingerprint density at radius 1 is 1.28 bits per heavy atom. The van der Waals surface area contributed by atoms with Crippen LogP contribution in [-0.4, -0.2) is 54.8 Å². The normalized spacial score (nSPS) is 17.5. The highest BCUT2D eigenvalue weighted by Crippen LogP contribution is 2.31.